The van der Waals surface area contributed by atoms with Gasteiger partial charge in [0.05, 0.1) is 13.0 Å². The molecule has 0 aliphatic carbocycles. The highest BCUT2D eigenvalue weighted by atomic mass is 19.4. The van der Waals surface area contributed by atoms with Crippen molar-refractivity contribution < 1.29 is 23.1 Å². The maximum atomic E-state index is 12.2. The molecule has 2 N–H and O–H groups in total. The summed E-state index contributed by atoms with van der Waals surface area (Å²) in [5.41, 5.74) is 0.431. The number of halogens is 3. The molecule has 1 aromatic rings. The second-order valence-corrected chi connectivity index (χ2v) is 3.41. The van der Waals surface area contributed by atoms with Crippen LogP contribution in [0.2, 0.25) is 0 Å². The summed E-state index contributed by atoms with van der Waals surface area (Å²) in [7, 11) is 0. The molecule has 0 bridgehead atoms. The summed E-state index contributed by atoms with van der Waals surface area (Å²) in [6.07, 6.45) is -3.27. The summed E-state index contributed by atoms with van der Waals surface area (Å²) in [6.45, 7) is -2.21. The molecule has 96 valence electrons. The number of nitrogens with one attached hydrogen (secondary N) is 1. The van der Waals surface area contributed by atoms with E-state index in [0.29, 0.717) is 10.6 Å². The molecule has 0 atom stereocenters. The van der Waals surface area contributed by atoms with E-state index >= 15 is 0 Å². The second-order valence-electron chi connectivity index (χ2n) is 3.41. The van der Waals surface area contributed by atoms with Crippen LogP contribution < -0.4 is 0 Å². The number of aliphatic hydroxyl groups is 1. The summed E-state index contributed by atoms with van der Waals surface area (Å²) in [5, 5.41) is 14.7. The third-order valence-electron chi connectivity index (χ3n) is 1.99. The average Bonchev–Trinajstić information content (AvgIpc) is 2.67. The van der Waals surface area contributed by atoms with Gasteiger partial charge in [-0.25, -0.2) is 0 Å². The third kappa shape index (κ3) is 4.85. The molecular formula is C9H12F3N3O2. The number of nitrogens with zero attached hydrogens (tertiary/aromatic N) is 2. The van der Waals surface area contributed by atoms with E-state index in [1.165, 1.54) is 12.3 Å². The number of aliphatic hydroxyl groups excluding tert-OH is 1. The van der Waals surface area contributed by atoms with Gasteiger partial charge < -0.3 is 10.0 Å². The SMILES string of the molecule is O=C(Cc1ccn[nH]1)N(CCO)CC(F)(F)F. The Morgan fingerprint density at radius 2 is 2.24 bits per heavy atom. The highest BCUT2D eigenvalue weighted by Gasteiger charge is 2.32. The number of aromatic nitrogens is 2. The van der Waals surface area contributed by atoms with E-state index in [4.69, 9.17) is 5.11 Å². The van der Waals surface area contributed by atoms with Crippen molar-refractivity contribution >= 4 is 5.91 Å². The minimum Gasteiger partial charge on any atom is -0.395 e. The van der Waals surface area contributed by atoms with Crippen molar-refractivity contribution in [1.82, 2.24) is 15.1 Å². The van der Waals surface area contributed by atoms with Gasteiger partial charge in [0.2, 0.25) is 5.91 Å². The Morgan fingerprint density at radius 3 is 2.71 bits per heavy atom. The minimum absolute atomic E-state index is 0.198. The Balaban J connectivity index is 2.60. The average molecular weight is 251 g/mol. The Hall–Kier alpha value is -1.57. The van der Waals surface area contributed by atoms with E-state index in [1.807, 2.05) is 0 Å². The molecule has 0 unspecified atom stereocenters. The monoisotopic (exact) mass is 251 g/mol. The van der Waals surface area contributed by atoms with Crippen LogP contribution in [0.4, 0.5) is 13.2 Å². The first kappa shape index (κ1) is 13.5. The van der Waals surface area contributed by atoms with Crippen molar-refractivity contribution in [2.24, 2.45) is 0 Å². The number of rotatable bonds is 5. The molecule has 5 nitrogen and oxygen atoms in total. The number of carbonyl (C=O) groups is 1. The van der Waals surface area contributed by atoms with Gasteiger partial charge in [-0.1, -0.05) is 0 Å². The molecule has 1 heterocycles. The number of hydrogen-bond donors (Lipinski definition) is 2. The van der Waals surface area contributed by atoms with E-state index in [0.717, 1.165) is 0 Å². The van der Waals surface area contributed by atoms with Crippen LogP contribution in [-0.4, -0.2) is 52.0 Å². The van der Waals surface area contributed by atoms with Crippen LogP contribution in [0.1, 0.15) is 5.69 Å². The molecule has 8 heteroatoms. The molecular weight excluding hydrogens is 239 g/mol. The molecule has 0 radical (unpaired) electrons. The lowest BCUT2D eigenvalue weighted by molar-refractivity contribution is -0.161. The molecule has 0 aliphatic heterocycles. The van der Waals surface area contributed by atoms with Crippen LogP contribution in [-0.2, 0) is 11.2 Å². The molecule has 1 rings (SSSR count). The van der Waals surface area contributed by atoms with E-state index in [9.17, 15) is 18.0 Å². The van der Waals surface area contributed by atoms with Gasteiger partial charge in [-0.15, -0.1) is 0 Å². The largest absolute Gasteiger partial charge is 0.406 e. The van der Waals surface area contributed by atoms with Gasteiger partial charge >= 0.3 is 6.18 Å². The molecule has 1 aromatic heterocycles. The van der Waals surface area contributed by atoms with Crippen LogP contribution >= 0.6 is 0 Å². The van der Waals surface area contributed by atoms with Crippen molar-refractivity contribution in [3.63, 3.8) is 0 Å². The van der Waals surface area contributed by atoms with Crippen molar-refractivity contribution in [3.8, 4) is 0 Å². The molecule has 0 aromatic carbocycles. The van der Waals surface area contributed by atoms with Crippen LogP contribution in [0.15, 0.2) is 12.3 Å². The van der Waals surface area contributed by atoms with E-state index in [-0.39, 0.29) is 13.0 Å². The van der Waals surface area contributed by atoms with Crippen molar-refractivity contribution in [2.75, 3.05) is 19.7 Å². The topological polar surface area (TPSA) is 69.2 Å². The summed E-state index contributed by atoms with van der Waals surface area (Å²) in [6, 6.07) is 1.50. The smallest absolute Gasteiger partial charge is 0.395 e. The van der Waals surface area contributed by atoms with Gasteiger partial charge in [-0.3, -0.25) is 9.89 Å². The fourth-order valence-electron chi connectivity index (χ4n) is 1.29. The zero-order chi connectivity index (χ0) is 12.9. The van der Waals surface area contributed by atoms with Gasteiger partial charge in [0.1, 0.15) is 6.54 Å². The van der Waals surface area contributed by atoms with E-state index in [2.05, 4.69) is 10.2 Å². The molecule has 0 saturated heterocycles. The summed E-state index contributed by atoms with van der Waals surface area (Å²) >= 11 is 0. The van der Waals surface area contributed by atoms with Crippen LogP contribution in [0.25, 0.3) is 0 Å². The number of amides is 1. The van der Waals surface area contributed by atoms with Gasteiger partial charge in [0, 0.05) is 18.4 Å². The fourth-order valence-corrected chi connectivity index (χ4v) is 1.29. The number of aromatic amines is 1. The maximum Gasteiger partial charge on any atom is 0.406 e. The minimum atomic E-state index is -4.47. The zero-order valence-corrected chi connectivity index (χ0v) is 8.87. The maximum absolute atomic E-state index is 12.2. The molecule has 1 amide bonds. The van der Waals surface area contributed by atoms with E-state index in [1.54, 1.807) is 0 Å². The van der Waals surface area contributed by atoms with Crippen molar-refractivity contribution in [3.05, 3.63) is 18.0 Å². The van der Waals surface area contributed by atoms with Crippen LogP contribution in [0.3, 0.4) is 0 Å². The van der Waals surface area contributed by atoms with E-state index < -0.39 is 25.2 Å². The van der Waals surface area contributed by atoms with Crippen LogP contribution in [0, 0.1) is 0 Å². The molecule has 0 fully saturated rings. The molecule has 0 saturated carbocycles. The van der Waals surface area contributed by atoms with Gasteiger partial charge in [0.15, 0.2) is 0 Å². The number of hydrogen-bond acceptors (Lipinski definition) is 3. The normalized spacial score (nSPS) is 11.5. The van der Waals surface area contributed by atoms with Crippen molar-refractivity contribution in [2.45, 2.75) is 12.6 Å². The standard InChI is InChI=1S/C9H12F3N3O2/c10-9(11,12)6-15(3-4-16)8(17)5-7-1-2-13-14-7/h1-2,16H,3-6H2,(H,13,14). The Labute approximate surface area is 95.2 Å². The molecule has 0 spiro atoms. The van der Waals surface area contributed by atoms with Gasteiger partial charge in [0.25, 0.3) is 0 Å². The number of alkyl halides is 3. The Kier molecular flexibility index (Phi) is 4.50. The molecule has 17 heavy (non-hydrogen) atoms. The second kappa shape index (κ2) is 5.67. The fraction of sp³-hybridized carbons (Fsp3) is 0.556. The third-order valence-corrected chi connectivity index (χ3v) is 1.99. The summed E-state index contributed by atoms with van der Waals surface area (Å²) in [5.74, 6) is -0.708. The first-order valence-electron chi connectivity index (χ1n) is 4.86. The Bertz CT molecular complexity index is 351. The van der Waals surface area contributed by atoms with Crippen molar-refractivity contribution in [1.29, 1.82) is 0 Å². The first-order chi connectivity index (χ1) is 7.92. The molecule has 0 aliphatic rings. The summed E-state index contributed by atoms with van der Waals surface area (Å²) < 4.78 is 36.5. The quantitative estimate of drug-likeness (QED) is 0.792. The predicted octanol–water partition coefficient (Wildman–Crippen LogP) is 0.335. The number of carbonyl (C=O) groups excluding carboxylic acids is 1. The van der Waals surface area contributed by atoms with Gasteiger partial charge in [-0.2, -0.15) is 18.3 Å². The number of H-pyrrole nitrogens is 1. The zero-order valence-electron chi connectivity index (χ0n) is 8.87. The highest BCUT2D eigenvalue weighted by molar-refractivity contribution is 5.78. The lowest BCUT2D eigenvalue weighted by Gasteiger charge is -2.22. The lowest BCUT2D eigenvalue weighted by Crippen LogP contribution is -2.41. The first-order valence-corrected chi connectivity index (χ1v) is 4.86. The summed E-state index contributed by atoms with van der Waals surface area (Å²) in [4.78, 5) is 12.1. The predicted molar refractivity (Wildman–Crippen MR) is 52.0 cm³/mol. The van der Waals surface area contributed by atoms with Gasteiger partial charge in [-0.05, 0) is 6.07 Å². The highest BCUT2D eigenvalue weighted by Crippen LogP contribution is 2.16. The van der Waals surface area contributed by atoms with Crippen LogP contribution in [0.5, 0.6) is 0 Å². The Morgan fingerprint density at radius 1 is 1.53 bits per heavy atom. The lowest BCUT2D eigenvalue weighted by atomic mass is 10.2.